The molecule has 0 atom stereocenters. The Morgan fingerprint density at radius 3 is 2.81 bits per heavy atom. The molecule has 0 radical (unpaired) electrons. The zero-order valence-electron chi connectivity index (χ0n) is 14.9. The SMILES string of the molecule is Cc1c(OCc2cccnc2)ccc2c(=O)cc(N3CCCCC3)oc12. The van der Waals surface area contributed by atoms with Gasteiger partial charge in [-0.2, -0.15) is 0 Å². The van der Waals surface area contributed by atoms with E-state index in [1.54, 1.807) is 24.5 Å². The molecule has 3 aromatic rings. The minimum absolute atomic E-state index is 0.00580. The highest BCUT2D eigenvalue weighted by Gasteiger charge is 2.17. The Hall–Kier alpha value is -2.82. The van der Waals surface area contributed by atoms with Gasteiger partial charge >= 0.3 is 0 Å². The second kappa shape index (κ2) is 7.20. The number of rotatable bonds is 4. The lowest BCUT2D eigenvalue weighted by Crippen LogP contribution is -2.30. The Morgan fingerprint density at radius 2 is 2.04 bits per heavy atom. The average molecular weight is 350 g/mol. The first-order valence-electron chi connectivity index (χ1n) is 9.06. The molecule has 5 nitrogen and oxygen atoms in total. The van der Waals surface area contributed by atoms with E-state index in [0.29, 0.717) is 23.5 Å². The summed E-state index contributed by atoms with van der Waals surface area (Å²) in [7, 11) is 0. The molecule has 2 aromatic heterocycles. The Kier molecular flexibility index (Phi) is 4.61. The number of benzene rings is 1. The summed E-state index contributed by atoms with van der Waals surface area (Å²) in [6.45, 7) is 4.23. The molecule has 1 aromatic carbocycles. The van der Waals surface area contributed by atoms with Crippen molar-refractivity contribution in [2.24, 2.45) is 0 Å². The van der Waals surface area contributed by atoms with E-state index in [4.69, 9.17) is 9.15 Å². The van der Waals surface area contributed by atoms with Crippen LogP contribution in [0.2, 0.25) is 0 Å². The maximum absolute atomic E-state index is 12.5. The summed E-state index contributed by atoms with van der Waals surface area (Å²) in [6, 6.07) is 9.09. The number of anilines is 1. The van der Waals surface area contributed by atoms with Gasteiger partial charge in [-0.05, 0) is 44.4 Å². The van der Waals surface area contributed by atoms with E-state index in [0.717, 1.165) is 42.8 Å². The lowest BCUT2D eigenvalue weighted by Gasteiger charge is -2.27. The normalized spacial score (nSPS) is 14.6. The number of hydrogen-bond donors (Lipinski definition) is 0. The summed E-state index contributed by atoms with van der Waals surface area (Å²) in [5.74, 6) is 1.38. The van der Waals surface area contributed by atoms with E-state index < -0.39 is 0 Å². The summed E-state index contributed by atoms with van der Waals surface area (Å²) in [4.78, 5) is 18.8. The smallest absolute Gasteiger partial charge is 0.200 e. The Bertz CT molecular complexity index is 960. The molecule has 0 aliphatic carbocycles. The molecule has 1 saturated heterocycles. The van der Waals surface area contributed by atoms with Crippen LogP contribution in [0.4, 0.5) is 5.88 Å². The standard InChI is InChI=1S/C21H22N2O3/c1-15-19(25-14-16-6-5-9-22-13-16)8-7-17-18(24)12-20(26-21(15)17)23-10-3-2-4-11-23/h5-9,12-13H,2-4,10-11,14H2,1H3. The van der Waals surface area contributed by atoms with Crippen LogP contribution in [0.25, 0.3) is 11.0 Å². The minimum Gasteiger partial charge on any atom is -0.488 e. The van der Waals surface area contributed by atoms with Crippen molar-refractivity contribution in [1.29, 1.82) is 0 Å². The predicted molar refractivity (Wildman–Crippen MR) is 102 cm³/mol. The van der Waals surface area contributed by atoms with E-state index in [-0.39, 0.29) is 5.43 Å². The fourth-order valence-corrected chi connectivity index (χ4v) is 3.39. The number of hydrogen-bond acceptors (Lipinski definition) is 5. The van der Waals surface area contributed by atoms with Crippen LogP contribution in [0, 0.1) is 6.92 Å². The first kappa shape index (κ1) is 16.6. The van der Waals surface area contributed by atoms with E-state index >= 15 is 0 Å². The largest absolute Gasteiger partial charge is 0.488 e. The van der Waals surface area contributed by atoms with Gasteiger partial charge in [0.1, 0.15) is 17.9 Å². The van der Waals surface area contributed by atoms with Crippen molar-refractivity contribution in [3.63, 3.8) is 0 Å². The van der Waals surface area contributed by atoms with Gasteiger partial charge in [0.15, 0.2) is 11.3 Å². The first-order chi connectivity index (χ1) is 12.7. The van der Waals surface area contributed by atoms with Crippen molar-refractivity contribution in [3.8, 4) is 5.75 Å². The molecule has 0 saturated carbocycles. The Balaban J connectivity index is 1.67. The molecule has 1 aliphatic rings. The molecule has 0 bridgehead atoms. The highest BCUT2D eigenvalue weighted by Crippen LogP contribution is 2.30. The van der Waals surface area contributed by atoms with Crippen LogP contribution in [-0.2, 0) is 6.61 Å². The molecule has 0 spiro atoms. The van der Waals surface area contributed by atoms with E-state index in [2.05, 4.69) is 9.88 Å². The minimum atomic E-state index is -0.00580. The zero-order valence-corrected chi connectivity index (χ0v) is 14.9. The van der Waals surface area contributed by atoms with Crippen molar-refractivity contribution < 1.29 is 9.15 Å². The van der Waals surface area contributed by atoms with Crippen molar-refractivity contribution in [2.45, 2.75) is 32.8 Å². The maximum atomic E-state index is 12.5. The fourth-order valence-electron chi connectivity index (χ4n) is 3.39. The molecular weight excluding hydrogens is 328 g/mol. The molecule has 0 unspecified atom stereocenters. The van der Waals surface area contributed by atoms with Crippen molar-refractivity contribution >= 4 is 16.9 Å². The fraction of sp³-hybridized carbons (Fsp3) is 0.333. The third-order valence-electron chi connectivity index (χ3n) is 4.87. The van der Waals surface area contributed by atoms with Crippen molar-refractivity contribution in [3.05, 3.63) is 64.1 Å². The topological polar surface area (TPSA) is 55.6 Å². The van der Waals surface area contributed by atoms with Crippen LogP contribution in [0.1, 0.15) is 30.4 Å². The molecule has 0 amide bonds. The summed E-state index contributed by atoms with van der Waals surface area (Å²) in [5, 5.41) is 0.594. The molecule has 4 rings (SSSR count). The van der Waals surface area contributed by atoms with Crippen LogP contribution >= 0.6 is 0 Å². The zero-order chi connectivity index (χ0) is 17.9. The van der Waals surface area contributed by atoms with Gasteiger partial charge < -0.3 is 14.1 Å². The third kappa shape index (κ3) is 3.29. The van der Waals surface area contributed by atoms with Gasteiger partial charge in [0.05, 0.1) is 5.39 Å². The highest BCUT2D eigenvalue weighted by molar-refractivity contribution is 5.82. The van der Waals surface area contributed by atoms with Crippen LogP contribution in [0.5, 0.6) is 5.75 Å². The average Bonchev–Trinajstić information content (AvgIpc) is 2.69. The van der Waals surface area contributed by atoms with Gasteiger partial charge in [0, 0.05) is 42.7 Å². The quantitative estimate of drug-likeness (QED) is 0.710. The van der Waals surface area contributed by atoms with Gasteiger partial charge in [-0.3, -0.25) is 9.78 Å². The van der Waals surface area contributed by atoms with Gasteiger partial charge in [-0.15, -0.1) is 0 Å². The van der Waals surface area contributed by atoms with E-state index in [1.165, 1.54) is 6.42 Å². The van der Waals surface area contributed by atoms with Crippen LogP contribution in [0.3, 0.4) is 0 Å². The molecule has 1 aliphatic heterocycles. The third-order valence-corrected chi connectivity index (χ3v) is 4.87. The van der Waals surface area contributed by atoms with Gasteiger partial charge in [0.25, 0.3) is 0 Å². The summed E-state index contributed by atoms with van der Waals surface area (Å²) in [5.41, 5.74) is 2.45. The highest BCUT2D eigenvalue weighted by atomic mass is 16.5. The van der Waals surface area contributed by atoms with Crippen LogP contribution in [-0.4, -0.2) is 18.1 Å². The molecule has 5 heteroatoms. The summed E-state index contributed by atoms with van der Waals surface area (Å²) in [6.07, 6.45) is 7.02. The number of piperidine rings is 1. The Morgan fingerprint density at radius 1 is 1.19 bits per heavy atom. The van der Waals surface area contributed by atoms with Crippen LogP contribution < -0.4 is 15.1 Å². The van der Waals surface area contributed by atoms with Crippen molar-refractivity contribution in [2.75, 3.05) is 18.0 Å². The van der Waals surface area contributed by atoms with Crippen LogP contribution in [0.15, 0.2) is 51.9 Å². The molecule has 134 valence electrons. The lowest BCUT2D eigenvalue weighted by molar-refractivity contribution is 0.303. The number of pyridine rings is 1. The van der Waals surface area contributed by atoms with E-state index in [9.17, 15) is 4.79 Å². The van der Waals surface area contributed by atoms with Gasteiger partial charge in [0.2, 0.25) is 0 Å². The monoisotopic (exact) mass is 350 g/mol. The number of nitrogens with zero attached hydrogens (tertiary/aromatic N) is 2. The second-order valence-corrected chi connectivity index (χ2v) is 6.71. The molecule has 26 heavy (non-hydrogen) atoms. The lowest BCUT2D eigenvalue weighted by atomic mass is 10.1. The molecule has 0 N–H and O–H groups in total. The predicted octanol–water partition coefficient (Wildman–Crippen LogP) is 4.07. The summed E-state index contributed by atoms with van der Waals surface area (Å²) >= 11 is 0. The maximum Gasteiger partial charge on any atom is 0.200 e. The van der Waals surface area contributed by atoms with Gasteiger partial charge in [-0.1, -0.05) is 6.07 Å². The van der Waals surface area contributed by atoms with Gasteiger partial charge in [-0.25, -0.2) is 0 Å². The second-order valence-electron chi connectivity index (χ2n) is 6.71. The molecule has 3 heterocycles. The number of aromatic nitrogens is 1. The first-order valence-corrected chi connectivity index (χ1v) is 9.06. The number of aryl methyl sites for hydroxylation is 1. The summed E-state index contributed by atoms with van der Waals surface area (Å²) < 4.78 is 12.1. The molecule has 1 fully saturated rings. The van der Waals surface area contributed by atoms with E-state index in [1.807, 2.05) is 25.1 Å². The number of fused-ring (bicyclic) bond motifs is 1. The number of ether oxygens (including phenoxy) is 1. The van der Waals surface area contributed by atoms with Crippen molar-refractivity contribution in [1.82, 2.24) is 4.98 Å². The Labute approximate surface area is 152 Å². The molecular formula is C21H22N2O3.